The number of morpholine rings is 1. The molecule has 2 saturated heterocycles. The fourth-order valence-electron chi connectivity index (χ4n) is 3.08. The number of rotatable bonds is 2. The number of benzene rings is 1. The topological polar surface area (TPSA) is 33.7 Å². The van der Waals surface area contributed by atoms with E-state index >= 15 is 0 Å². The maximum atomic E-state index is 6.07. The molecule has 1 aromatic rings. The van der Waals surface area contributed by atoms with Crippen molar-refractivity contribution < 1.29 is 9.47 Å². The van der Waals surface area contributed by atoms with Gasteiger partial charge in [-0.05, 0) is 37.1 Å². The molecule has 0 aromatic heterocycles. The zero-order chi connectivity index (χ0) is 13.1. The fraction of sp³-hybridized carbons (Fsp3) is 0.600. The molecule has 1 N–H and O–H groups in total. The zero-order valence-electron chi connectivity index (χ0n) is 11.5. The quantitative estimate of drug-likeness (QED) is 0.879. The second kappa shape index (κ2) is 5.39. The summed E-state index contributed by atoms with van der Waals surface area (Å²) in [4.78, 5) is 2.43. The number of methoxy groups -OCH3 is 1. The van der Waals surface area contributed by atoms with Crippen LogP contribution in [0.3, 0.4) is 0 Å². The van der Waals surface area contributed by atoms with E-state index in [2.05, 4.69) is 22.3 Å². The maximum Gasteiger partial charge on any atom is 0.119 e. The number of hydrogen-bond acceptors (Lipinski definition) is 4. The number of ether oxygens (including phenoxy) is 2. The molecule has 0 aliphatic carbocycles. The van der Waals surface area contributed by atoms with Crippen molar-refractivity contribution in [3.63, 3.8) is 0 Å². The Morgan fingerprint density at radius 1 is 1.32 bits per heavy atom. The Hall–Kier alpha value is -1.26. The predicted molar refractivity (Wildman–Crippen MR) is 76.0 cm³/mol. The molecular formula is C15H22N2O2. The summed E-state index contributed by atoms with van der Waals surface area (Å²) in [5.74, 6) is 0.908. The molecular weight excluding hydrogens is 240 g/mol. The van der Waals surface area contributed by atoms with Crippen molar-refractivity contribution in [3.05, 3.63) is 24.3 Å². The number of hydrogen-bond donors (Lipinski definition) is 1. The molecule has 2 aliphatic rings. The average Bonchev–Trinajstić information content (AvgIpc) is 2.48. The van der Waals surface area contributed by atoms with Gasteiger partial charge in [-0.15, -0.1) is 0 Å². The van der Waals surface area contributed by atoms with Crippen LogP contribution in [-0.2, 0) is 4.74 Å². The number of anilines is 1. The predicted octanol–water partition coefficient (Wildman–Crippen LogP) is 1.65. The third-order valence-corrected chi connectivity index (χ3v) is 4.11. The molecule has 2 heterocycles. The molecule has 0 bridgehead atoms. The minimum atomic E-state index is 0.0103. The lowest BCUT2D eigenvalue weighted by Crippen LogP contribution is -2.58. The maximum absolute atomic E-state index is 6.07. The van der Waals surface area contributed by atoms with Crippen LogP contribution in [0.25, 0.3) is 0 Å². The summed E-state index contributed by atoms with van der Waals surface area (Å²) < 4.78 is 11.3. The lowest BCUT2D eigenvalue weighted by atomic mass is 9.91. The van der Waals surface area contributed by atoms with Gasteiger partial charge in [0.1, 0.15) is 5.75 Å². The van der Waals surface area contributed by atoms with Crippen LogP contribution in [0, 0.1) is 0 Å². The summed E-state index contributed by atoms with van der Waals surface area (Å²) in [6, 6.07) is 8.31. The van der Waals surface area contributed by atoms with Crippen LogP contribution >= 0.6 is 0 Å². The zero-order valence-corrected chi connectivity index (χ0v) is 11.5. The Kier molecular flexibility index (Phi) is 3.62. The largest absolute Gasteiger partial charge is 0.497 e. The summed E-state index contributed by atoms with van der Waals surface area (Å²) >= 11 is 0. The molecule has 0 amide bonds. The van der Waals surface area contributed by atoms with E-state index in [1.165, 1.54) is 12.1 Å². The number of piperidine rings is 1. The lowest BCUT2D eigenvalue weighted by molar-refractivity contribution is -0.0725. The molecule has 3 rings (SSSR count). The van der Waals surface area contributed by atoms with E-state index in [1.807, 2.05) is 12.1 Å². The van der Waals surface area contributed by atoms with E-state index in [9.17, 15) is 0 Å². The highest BCUT2D eigenvalue weighted by atomic mass is 16.5. The first-order valence-electron chi connectivity index (χ1n) is 7.05. The molecule has 4 nitrogen and oxygen atoms in total. The van der Waals surface area contributed by atoms with Gasteiger partial charge in [0.25, 0.3) is 0 Å². The molecule has 0 saturated carbocycles. The molecule has 1 spiro atoms. The SMILES string of the molecule is COc1ccc(N2CCC[C@@]3(CNCCO3)C2)cc1. The van der Waals surface area contributed by atoms with Crippen LogP contribution in [0.2, 0.25) is 0 Å². The molecule has 2 fully saturated rings. The van der Waals surface area contributed by atoms with Gasteiger partial charge < -0.3 is 19.7 Å². The van der Waals surface area contributed by atoms with E-state index < -0.39 is 0 Å². The lowest BCUT2D eigenvalue weighted by Gasteiger charge is -2.45. The third kappa shape index (κ3) is 2.69. The first-order valence-corrected chi connectivity index (χ1v) is 7.05. The molecule has 0 radical (unpaired) electrons. The van der Waals surface area contributed by atoms with Crippen molar-refractivity contribution >= 4 is 5.69 Å². The van der Waals surface area contributed by atoms with E-state index in [-0.39, 0.29) is 5.60 Å². The summed E-state index contributed by atoms with van der Waals surface area (Å²) in [5, 5.41) is 3.46. The van der Waals surface area contributed by atoms with E-state index in [0.29, 0.717) is 0 Å². The normalized spacial score (nSPS) is 27.5. The summed E-state index contributed by atoms with van der Waals surface area (Å²) in [6.07, 6.45) is 2.35. The summed E-state index contributed by atoms with van der Waals surface area (Å²) in [7, 11) is 1.70. The molecule has 4 heteroatoms. The van der Waals surface area contributed by atoms with Crippen LogP contribution in [0.1, 0.15) is 12.8 Å². The average molecular weight is 262 g/mol. The van der Waals surface area contributed by atoms with E-state index in [0.717, 1.165) is 45.0 Å². The molecule has 19 heavy (non-hydrogen) atoms. The van der Waals surface area contributed by atoms with Crippen LogP contribution in [0.5, 0.6) is 5.75 Å². The van der Waals surface area contributed by atoms with Crippen LogP contribution in [-0.4, -0.2) is 45.5 Å². The highest BCUT2D eigenvalue weighted by Gasteiger charge is 2.37. The summed E-state index contributed by atoms with van der Waals surface area (Å²) in [5.41, 5.74) is 1.27. The minimum Gasteiger partial charge on any atom is -0.497 e. The van der Waals surface area contributed by atoms with Gasteiger partial charge in [0, 0.05) is 31.9 Å². The van der Waals surface area contributed by atoms with Gasteiger partial charge in [0.05, 0.1) is 19.3 Å². The Morgan fingerprint density at radius 2 is 2.16 bits per heavy atom. The van der Waals surface area contributed by atoms with Gasteiger partial charge in [-0.25, -0.2) is 0 Å². The molecule has 0 unspecified atom stereocenters. The Morgan fingerprint density at radius 3 is 2.84 bits per heavy atom. The summed E-state index contributed by atoms with van der Waals surface area (Å²) in [6.45, 7) is 4.87. The Balaban J connectivity index is 1.73. The van der Waals surface area contributed by atoms with Crippen molar-refractivity contribution in [1.29, 1.82) is 0 Å². The highest BCUT2D eigenvalue weighted by molar-refractivity contribution is 5.50. The molecule has 2 aliphatic heterocycles. The minimum absolute atomic E-state index is 0.0103. The van der Waals surface area contributed by atoms with Crippen LogP contribution in [0.15, 0.2) is 24.3 Å². The van der Waals surface area contributed by atoms with Gasteiger partial charge >= 0.3 is 0 Å². The van der Waals surface area contributed by atoms with E-state index in [4.69, 9.17) is 9.47 Å². The van der Waals surface area contributed by atoms with Crippen molar-refractivity contribution in [2.24, 2.45) is 0 Å². The van der Waals surface area contributed by atoms with E-state index in [1.54, 1.807) is 7.11 Å². The van der Waals surface area contributed by atoms with Crippen LogP contribution < -0.4 is 15.0 Å². The number of nitrogens with one attached hydrogen (secondary N) is 1. The van der Waals surface area contributed by atoms with Gasteiger partial charge in [0.15, 0.2) is 0 Å². The third-order valence-electron chi connectivity index (χ3n) is 4.11. The first kappa shape index (κ1) is 12.8. The van der Waals surface area contributed by atoms with Crippen molar-refractivity contribution in [2.75, 3.05) is 44.8 Å². The van der Waals surface area contributed by atoms with Crippen molar-refractivity contribution in [3.8, 4) is 5.75 Å². The van der Waals surface area contributed by atoms with Gasteiger partial charge in [0.2, 0.25) is 0 Å². The second-order valence-corrected chi connectivity index (χ2v) is 5.43. The fourth-order valence-corrected chi connectivity index (χ4v) is 3.08. The molecule has 1 aromatic carbocycles. The smallest absolute Gasteiger partial charge is 0.119 e. The Bertz CT molecular complexity index is 407. The first-order chi connectivity index (χ1) is 9.31. The standard InChI is InChI=1S/C15H22N2O2/c1-18-14-5-3-13(4-6-14)17-9-2-7-15(12-17)11-16-8-10-19-15/h3-6,16H,2,7-12H2,1H3/t15-/m1/s1. The molecule has 1 atom stereocenters. The van der Waals surface area contributed by atoms with Gasteiger partial charge in [-0.3, -0.25) is 0 Å². The number of nitrogens with zero attached hydrogens (tertiary/aromatic N) is 1. The molecule has 104 valence electrons. The second-order valence-electron chi connectivity index (χ2n) is 5.43. The highest BCUT2D eigenvalue weighted by Crippen LogP contribution is 2.30. The van der Waals surface area contributed by atoms with Gasteiger partial charge in [-0.2, -0.15) is 0 Å². The van der Waals surface area contributed by atoms with Gasteiger partial charge in [-0.1, -0.05) is 0 Å². The Labute approximate surface area is 114 Å². The monoisotopic (exact) mass is 262 g/mol. The van der Waals surface area contributed by atoms with Crippen molar-refractivity contribution in [2.45, 2.75) is 18.4 Å². The van der Waals surface area contributed by atoms with Crippen molar-refractivity contribution in [1.82, 2.24) is 5.32 Å². The van der Waals surface area contributed by atoms with Crippen LogP contribution in [0.4, 0.5) is 5.69 Å².